The molecule has 110 valence electrons. The van der Waals surface area contributed by atoms with Crippen LogP contribution >= 0.6 is 0 Å². The number of hydrogen-bond acceptors (Lipinski definition) is 2. The maximum absolute atomic E-state index is 3.80. The van der Waals surface area contributed by atoms with E-state index in [0.717, 1.165) is 6.54 Å². The van der Waals surface area contributed by atoms with Crippen LogP contribution in [-0.4, -0.2) is 29.6 Å². The van der Waals surface area contributed by atoms with E-state index in [0.29, 0.717) is 23.0 Å². The van der Waals surface area contributed by atoms with Crippen LogP contribution in [0, 0.1) is 5.41 Å². The van der Waals surface area contributed by atoms with Gasteiger partial charge in [-0.15, -0.1) is 0 Å². The predicted octanol–water partition coefficient (Wildman–Crippen LogP) is 3.60. The van der Waals surface area contributed by atoms with Crippen molar-refractivity contribution >= 4 is 0 Å². The number of piperazine rings is 1. The molecular formula is C18H28N2. The summed E-state index contributed by atoms with van der Waals surface area (Å²) in [5.74, 6) is 0. The highest BCUT2D eigenvalue weighted by Crippen LogP contribution is 2.47. The minimum atomic E-state index is 0.325. The average Bonchev–Trinajstić information content (AvgIpc) is 3.17. The molecule has 1 aromatic rings. The highest BCUT2D eigenvalue weighted by atomic mass is 15.3. The van der Waals surface area contributed by atoms with Crippen LogP contribution in [0.4, 0.5) is 0 Å². The van der Waals surface area contributed by atoms with Gasteiger partial charge >= 0.3 is 0 Å². The first-order valence-electron chi connectivity index (χ1n) is 7.95. The van der Waals surface area contributed by atoms with E-state index in [-0.39, 0.29) is 0 Å². The van der Waals surface area contributed by atoms with Crippen LogP contribution in [0.1, 0.15) is 52.1 Å². The van der Waals surface area contributed by atoms with E-state index in [1.807, 2.05) is 0 Å². The number of benzene rings is 1. The van der Waals surface area contributed by atoms with E-state index < -0.39 is 0 Å². The Balaban J connectivity index is 1.85. The van der Waals surface area contributed by atoms with Crippen LogP contribution in [0.5, 0.6) is 0 Å². The minimum absolute atomic E-state index is 0.325. The summed E-state index contributed by atoms with van der Waals surface area (Å²) in [7, 11) is 0. The fourth-order valence-electron chi connectivity index (χ4n) is 3.37. The van der Waals surface area contributed by atoms with E-state index in [1.54, 1.807) is 0 Å². The van der Waals surface area contributed by atoms with Crippen molar-refractivity contribution in [1.29, 1.82) is 0 Å². The van der Waals surface area contributed by atoms with Gasteiger partial charge in [0.05, 0.1) is 0 Å². The van der Waals surface area contributed by atoms with Crippen molar-refractivity contribution in [2.75, 3.05) is 13.1 Å². The maximum Gasteiger partial charge on any atom is 0.0478 e. The first kappa shape index (κ1) is 14.1. The molecule has 0 amide bonds. The third-order valence-electron chi connectivity index (χ3n) is 5.21. The Morgan fingerprint density at radius 2 is 1.80 bits per heavy atom. The Morgan fingerprint density at radius 3 is 2.35 bits per heavy atom. The summed E-state index contributed by atoms with van der Waals surface area (Å²) in [4.78, 5) is 2.77. The van der Waals surface area contributed by atoms with Crippen molar-refractivity contribution in [3.05, 3.63) is 35.9 Å². The minimum Gasteiger partial charge on any atom is -0.310 e. The van der Waals surface area contributed by atoms with E-state index in [2.05, 4.69) is 68.2 Å². The second-order valence-corrected chi connectivity index (χ2v) is 7.90. The van der Waals surface area contributed by atoms with Crippen LogP contribution < -0.4 is 5.32 Å². The van der Waals surface area contributed by atoms with Crippen LogP contribution in [0.15, 0.2) is 30.3 Å². The lowest BCUT2D eigenvalue weighted by molar-refractivity contribution is 0.0443. The van der Waals surface area contributed by atoms with Crippen molar-refractivity contribution in [3.8, 4) is 0 Å². The fourth-order valence-corrected chi connectivity index (χ4v) is 3.37. The van der Waals surface area contributed by atoms with Gasteiger partial charge in [-0.3, -0.25) is 4.90 Å². The molecule has 1 aliphatic heterocycles. The van der Waals surface area contributed by atoms with Gasteiger partial charge in [0.1, 0.15) is 0 Å². The molecule has 0 spiro atoms. The molecule has 2 nitrogen and oxygen atoms in total. The molecule has 2 atom stereocenters. The molecule has 2 aliphatic rings. The summed E-state index contributed by atoms with van der Waals surface area (Å²) in [5.41, 5.74) is 2.22. The molecule has 0 aromatic heterocycles. The second kappa shape index (κ2) is 4.85. The summed E-state index contributed by atoms with van der Waals surface area (Å²) in [6.45, 7) is 11.7. The van der Waals surface area contributed by atoms with E-state index in [1.165, 1.54) is 24.9 Å². The van der Waals surface area contributed by atoms with Gasteiger partial charge in [-0.1, -0.05) is 51.1 Å². The zero-order chi connectivity index (χ0) is 14.4. The highest BCUT2D eigenvalue weighted by molar-refractivity contribution is 5.22. The van der Waals surface area contributed by atoms with Gasteiger partial charge in [-0.2, -0.15) is 0 Å². The standard InChI is InChI=1S/C18H28N2/c1-17(2,3)16-13-20(18(4)10-11-18)15(12-19-16)14-8-6-5-7-9-14/h5-9,15-16,19H,10-13H2,1-4H3. The summed E-state index contributed by atoms with van der Waals surface area (Å²) in [5, 5.41) is 3.80. The van der Waals surface area contributed by atoms with E-state index in [9.17, 15) is 0 Å². The van der Waals surface area contributed by atoms with Crippen molar-refractivity contribution in [2.45, 2.75) is 58.2 Å². The SMILES string of the molecule is CC(C)(C)C1CN(C2(C)CC2)C(c2ccccc2)CN1. The first-order valence-corrected chi connectivity index (χ1v) is 7.95. The molecule has 0 radical (unpaired) electrons. The molecule has 1 heterocycles. The zero-order valence-electron chi connectivity index (χ0n) is 13.3. The molecule has 1 saturated heterocycles. The summed E-state index contributed by atoms with van der Waals surface area (Å²) in [6, 6.07) is 12.1. The lowest BCUT2D eigenvalue weighted by atomic mass is 9.83. The molecule has 20 heavy (non-hydrogen) atoms. The third kappa shape index (κ3) is 2.64. The summed E-state index contributed by atoms with van der Waals surface area (Å²) in [6.07, 6.45) is 2.71. The fraction of sp³-hybridized carbons (Fsp3) is 0.667. The zero-order valence-corrected chi connectivity index (χ0v) is 13.3. The normalized spacial score (nSPS) is 30.2. The third-order valence-corrected chi connectivity index (χ3v) is 5.21. The number of hydrogen-bond donors (Lipinski definition) is 1. The topological polar surface area (TPSA) is 15.3 Å². The van der Waals surface area contributed by atoms with Crippen molar-refractivity contribution in [3.63, 3.8) is 0 Å². The second-order valence-electron chi connectivity index (χ2n) is 7.90. The Morgan fingerprint density at radius 1 is 1.15 bits per heavy atom. The molecule has 1 aliphatic carbocycles. The van der Waals surface area contributed by atoms with Gasteiger partial charge in [0.25, 0.3) is 0 Å². The Hall–Kier alpha value is -0.860. The number of nitrogens with one attached hydrogen (secondary N) is 1. The van der Waals surface area contributed by atoms with Crippen LogP contribution in [0.25, 0.3) is 0 Å². The van der Waals surface area contributed by atoms with E-state index >= 15 is 0 Å². The van der Waals surface area contributed by atoms with Crippen LogP contribution in [0.3, 0.4) is 0 Å². The Labute approximate surface area is 123 Å². The maximum atomic E-state index is 3.80. The molecule has 0 bridgehead atoms. The smallest absolute Gasteiger partial charge is 0.0478 e. The van der Waals surface area contributed by atoms with Crippen molar-refractivity contribution < 1.29 is 0 Å². The first-order chi connectivity index (χ1) is 9.40. The molecule has 1 N–H and O–H groups in total. The van der Waals surface area contributed by atoms with E-state index in [4.69, 9.17) is 0 Å². The van der Waals surface area contributed by atoms with Crippen LogP contribution in [0.2, 0.25) is 0 Å². The average molecular weight is 272 g/mol. The molecule has 1 saturated carbocycles. The Bertz CT molecular complexity index is 456. The number of nitrogens with zero attached hydrogens (tertiary/aromatic N) is 1. The number of rotatable bonds is 2. The lowest BCUT2D eigenvalue weighted by Crippen LogP contribution is -2.59. The lowest BCUT2D eigenvalue weighted by Gasteiger charge is -2.48. The van der Waals surface area contributed by atoms with Gasteiger partial charge in [0.2, 0.25) is 0 Å². The molecular weight excluding hydrogens is 244 g/mol. The molecule has 3 rings (SSSR count). The molecule has 2 heteroatoms. The molecule has 1 aromatic carbocycles. The highest BCUT2D eigenvalue weighted by Gasteiger charge is 2.49. The van der Waals surface area contributed by atoms with Gasteiger partial charge in [0.15, 0.2) is 0 Å². The molecule has 2 unspecified atom stereocenters. The monoisotopic (exact) mass is 272 g/mol. The van der Waals surface area contributed by atoms with Gasteiger partial charge < -0.3 is 5.32 Å². The largest absolute Gasteiger partial charge is 0.310 e. The summed E-state index contributed by atoms with van der Waals surface area (Å²) >= 11 is 0. The quantitative estimate of drug-likeness (QED) is 0.885. The van der Waals surface area contributed by atoms with Crippen molar-refractivity contribution in [1.82, 2.24) is 10.2 Å². The van der Waals surface area contributed by atoms with Gasteiger partial charge in [-0.05, 0) is 30.7 Å². The Kier molecular flexibility index (Phi) is 3.42. The van der Waals surface area contributed by atoms with Crippen LogP contribution in [-0.2, 0) is 0 Å². The van der Waals surface area contributed by atoms with Gasteiger partial charge in [0, 0.05) is 30.7 Å². The van der Waals surface area contributed by atoms with Crippen molar-refractivity contribution in [2.24, 2.45) is 5.41 Å². The predicted molar refractivity (Wildman–Crippen MR) is 84.8 cm³/mol. The van der Waals surface area contributed by atoms with Gasteiger partial charge in [-0.25, -0.2) is 0 Å². The summed E-state index contributed by atoms with van der Waals surface area (Å²) < 4.78 is 0. The molecule has 2 fully saturated rings.